The van der Waals surface area contributed by atoms with Crippen LogP contribution in [0, 0.1) is 5.41 Å². The van der Waals surface area contributed by atoms with Crippen LogP contribution in [0.2, 0.25) is 0 Å². The lowest BCUT2D eigenvalue weighted by Crippen LogP contribution is -2.04. The normalized spacial score (nSPS) is 11.1. The maximum atomic E-state index is 10.7. The molecule has 0 atom stereocenters. The van der Waals surface area contributed by atoms with Crippen molar-refractivity contribution in [2.75, 3.05) is 6.61 Å². The molecule has 0 aromatic rings. The highest BCUT2D eigenvalue weighted by atomic mass is 16.5. The van der Waals surface area contributed by atoms with E-state index < -0.39 is 0 Å². The quantitative estimate of drug-likeness (QED) is 0.365. The van der Waals surface area contributed by atoms with Gasteiger partial charge in [0.2, 0.25) is 0 Å². The van der Waals surface area contributed by atoms with Crippen molar-refractivity contribution in [3.8, 4) is 0 Å². The van der Waals surface area contributed by atoms with E-state index in [1.54, 1.807) is 0 Å². The Hall–Kier alpha value is -0.790. The summed E-state index contributed by atoms with van der Waals surface area (Å²) in [5.41, 5.74) is 0.440. The van der Waals surface area contributed by atoms with E-state index in [4.69, 9.17) is 4.74 Å². The van der Waals surface area contributed by atoms with Crippen LogP contribution < -0.4 is 0 Å². The van der Waals surface area contributed by atoms with Gasteiger partial charge in [0.25, 0.3) is 0 Å². The molecule has 0 aliphatic heterocycles. The molecule has 0 fully saturated rings. The molecule has 0 heterocycles. The number of rotatable bonds is 7. The monoisotopic (exact) mass is 212 g/mol. The van der Waals surface area contributed by atoms with Crippen LogP contribution in [-0.2, 0) is 9.53 Å². The van der Waals surface area contributed by atoms with Gasteiger partial charge in [0.05, 0.1) is 6.61 Å². The predicted octanol–water partition coefficient (Wildman–Crippen LogP) is 3.71. The first-order valence-electron chi connectivity index (χ1n) is 5.75. The van der Waals surface area contributed by atoms with Gasteiger partial charge in [-0.05, 0) is 18.3 Å². The SMILES string of the molecule is C=CC(=O)OCCCCCCC(C)(C)C. The lowest BCUT2D eigenvalue weighted by molar-refractivity contribution is -0.137. The molecule has 0 aromatic heterocycles. The molecule has 2 nitrogen and oxygen atoms in total. The number of carbonyl (C=O) groups is 1. The first-order valence-corrected chi connectivity index (χ1v) is 5.75. The molecular weight excluding hydrogens is 188 g/mol. The highest BCUT2D eigenvalue weighted by molar-refractivity contribution is 5.81. The largest absolute Gasteiger partial charge is 0.463 e. The number of unbranched alkanes of at least 4 members (excludes halogenated alkanes) is 3. The second kappa shape index (κ2) is 7.49. The number of esters is 1. The Balaban J connectivity index is 3.19. The summed E-state index contributed by atoms with van der Waals surface area (Å²) in [6.07, 6.45) is 7.06. The molecule has 0 saturated heterocycles. The third kappa shape index (κ3) is 11.1. The van der Waals surface area contributed by atoms with Crippen molar-refractivity contribution in [3.05, 3.63) is 12.7 Å². The molecule has 0 radical (unpaired) electrons. The number of hydrogen-bond donors (Lipinski definition) is 0. The maximum Gasteiger partial charge on any atom is 0.330 e. The molecule has 0 aliphatic rings. The Morgan fingerprint density at radius 1 is 1.20 bits per heavy atom. The molecule has 0 unspecified atom stereocenters. The van der Waals surface area contributed by atoms with Crippen molar-refractivity contribution >= 4 is 5.97 Å². The fourth-order valence-corrected chi connectivity index (χ4v) is 1.34. The van der Waals surface area contributed by atoms with Crippen molar-refractivity contribution in [1.29, 1.82) is 0 Å². The number of carbonyl (C=O) groups excluding carboxylic acids is 1. The molecular formula is C13H24O2. The summed E-state index contributed by atoms with van der Waals surface area (Å²) in [5, 5.41) is 0. The van der Waals surface area contributed by atoms with Gasteiger partial charge < -0.3 is 4.74 Å². The number of ether oxygens (including phenoxy) is 1. The van der Waals surface area contributed by atoms with Gasteiger partial charge in [0.1, 0.15) is 0 Å². The van der Waals surface area contributed by atoms with E-state index in [2.05, 4.69) is 27.4 Å². The van der Waals surface area contributed by atoms with Gasteiger partial charge in [0, 0.05) is 6.08 Å². The number of hydrogen-bond acceptors (Lipinski definition) is 2. The van der Waals surface area contributed by atoms with E-state index in [0.717, 1.165) is 12.8 Å². The molecule has 0 amide bonds. The molecule has 15 heavy (non-hydrogen) atoms. The van der Waals surface area contributed by atoms with Crippen molar-refractivity contribution in [3.63, 3.8) is 0 Å². The van der Waals surface area contributed by atoms with Gasteiger partial charge in [0.15, 0.2) is 0 Å². The molecule has 0 saturated carbocycles. The Morgan fingerprint density at radius 2 is 1.80 bits per heavy atom. The first-order chi connectivity index (χ1) is 6.95. The van der Waals surface area contributed by atoms with Crippen molar-refractivity contribution in [1.82, 2.24) is 0 Å². The van der Waals surface area contributed by atoms with Gasteiger partial charge in [-0.15, -0.1) is 0 Å². The van der Waals surface area contributed by atoms with Gasteiger partial charge in [-0.1, -0.05) is 46.6 Å². The van der Waals surface area contributed by atoms with Crippen LogP contribution in [0.5, 0.6) is 0 Å². The molecule has 0 N–H and O–H groups in total. The highest BCUT2D eigenvalue weighted by Crippen LogP contribution is 2.22. The average molecular weight is 212 g/mol. The second-order valence-electron chi connectivity index (χ2n) is 5.10. The van der Waals surface area contributed by atoms with Crippen LogP contribution in [-0.4, -0.2) is 12.6 Å². The molecule has 0 aromatic carbocycles. The lowest BCUT2D eigenvalue weighted by Gasteiger charge is -2.17. The third-order valence-corrected chi connectivity index (χ3v) is 2.23. The van der Waals surface area contributed by atoms with Crippen molar-refractivity contribution < 1.29 is 9.53 Å². The first kappa shape index (κ1) is 14.2. The Labute approximate surface area is 93.7 Å². The zero-order chi connectivity index (χ0) is 11.7. The standard InChI is InChI=1S/C13H24O2/c1-5-12(14)15-11-9-7-6-8-10-13(2,3)4/h5H,1,6-11H2,2-4H3. The van der Waals surface area contributed by atoms with Gasteiger partial charge in [-0.25, -0.2) is 4.79 Å². The second-order valence-corrected chi connectivity index (χ2v) is 5.10. The zero-order valence-electron chi connectivity index (χ0n) is 10.3. The van der Waals surface area contributed by atoms with Crippen LogP contribution in [0.15, 0.2) is 12.7 Å². The van der Waals surface area contributed by atoms with Gasteiger partial charge in [-0.2, -0.15) is 0 Å². The minimum atomic E-state index is -0.315. The van der Waals surface area contributed by atoms with Crippen LogP contribution >= 0.6 is 0 Å². The molecule has 0 bridgehead atoms. The van der Waals surface area contributed by atoms with Crippen LogP contribution in [0.25, 0.3) is 0 Å². The fourth-order valence-electron chi connectivity index (χ4n) is 1.34. The van der Waals surface area contributed by atoms with Gasteiger partial charge in [-0.3, -0.25) is 0 Å². The third-order valence-electron chi connectivity index (χ3n) is 2.23. The Kier molecular flexibility index (Phi) is 7.10. The average Bonchev–Trinajstić information content (AvgIpc) is 2.14. The van der Waals surface area contributed by atoms with E-state index in [1.165, 1.54) is 25.3 Å². The van der Waals surface area contributed by atoms with Crippen LogP contribution in [0.3, 0.4) is 0 Å². The molecule has 0 aliphatic carbocycles. The fraction of sp³-hybridized carbons (Fsp3) is 0.769. The molecule has 88 valence electrons. The summed E-state index contributed by atoms with van der Waals surface area (Å²) in [4.78, 5) is 10.7. The minimum Gasteiger partial charge on any atom is -0.463 e. The highest BCUT2D eigenvalue weighted by Gasteiger charge is 2.08. The van der Waals surface area contributed by atoms with Crippen LogP contribution in [0.1, 0.15) is 52.9 Å². The van der Waals surface area contributed by atoms with E-state index >= 15 is 0 Å². The molecule has 0 spiro atoms. The summed E-state index contributed by atoms with van der Waals surface area (Å²) in [5.74, 6) is -0.315. The van der Waals surface area contributed by atoms with Gasteiger partial charge >= 0.3 is 5.97 Å². The van der Waals surface area contributed by atoms with Crippen molar-refractivity contribution in [2.24, 2.45) is 5.41 Å². The minimum absolute atomic E-state index is 0.315. The van der Waals surface area contributed by atoms with E-state index in [9.17, 15) is 4.79 Å². The summed E-state index contributed by atoms with van der Waals surface area (Å²) in [6, 6.07) is 0. The Morgan fingerprint density at radius 3 is 2.33 bits per heavy atom. The lowest BCUT2D eigenvalue weighted by atomic mass is 9.89. The summed E-state index contributed by atoms with van der Waals surface area (Å²) >= 11 is 0. The zero-order valence-corrected chi connectivity index (χ0v) is 10.3. The Bertz CT molecular complexity index is 189. The van der Waals surface area contributed by atoms with E-state index in [1.807, 2.05) is 0 Å². The maximum absolute atomic E-state index is 10.7. The van der Waals surface area contributed by atoms with E-state index in [0.29, 0.717) is 12.0 Å². The predicted molar refractivity (Wildman–Crippen MR) is 63.7 cm³/mol. The molecule has 0 rings (SSSR count). The molecule has 2 heteroatoms. The smallest absolute Gasteiger partial charge is 0.330 e. The summed E-state index contributed by atoms with van der Waals surface area (Å²) in [6.45, 7) is 10.7. The topological polar surface area (TPSA) is 26.3 Å². The van der Waals surface area contributed by atoms with Crippen molar-refractivity contribution in [2.45, 2.75) is 52.9 Å². The summed E-state index contributed by atoms with van der Waals surface area (Å²) < 4.78 is 4.88. The summed E-state index contributed by atoms with van der Waals surface area (Å²) in [7, 11) is 0. The van der Waals surface area contributed by atoms with E-state index in [-0.39, 0.29) is 5.97 Å². The van der Waals surface area contributed by atoms with Crippen LogP contribution in [0.4, 0.5) is 0 Å².